The number of aromatic nitrogens is 2. The van der Waals surface area contributed by atoms with Crippen molar-refractivity contribution >= 4 is 11.3 Å². The molecule has 1 N–H and O–H groups in total. The number of nitrogens with zero attached hydrogens (tertiary/aromatic N) is 2. The number of nitrogens with one attached hydrogen (secondary N) is 1. The molecule has 1 aliphatic carbocycles. The highest BCUT2D eigenvalue weighted by Crippen LogP contribution is 2.31. The molecule has 2 heterocycles. The maximum atomic E-state index is 4.64. The average molecular weight is 259 g/mol. The normalized spacial score (nSPS) is 16.8. The molecule has 0 saturated heterocycles. The van der Waals surface area contributed by atoms with Crippen LogP contribution in [-0.4, -0.2) is 16.0 Å². The lowest BCUT2D eigenvalue weighted by Crippen LogP contribution is -2.25. The first-order valence-electron chi connectivity index (χ1n) is 6.32. The Balaban J connectivity index is 1.96. The van der Waals surface area contributed by atoms with E-state index in [1.165, 1.54) is 24.0 Å². The van der Waals surface area contributed by atoms with E-state index in [2.05, 4.69) is 33.7 Å². The lowest BCUT2D eigenvalue weighted by molar-refractivity contribution is 0.593. The van der Waals surface area contributed by atoms with Gasteiger partial charge in [-0.1, -0.05) is 0 Å². The highest BCUT2D eigenvalue weighted by Gasteiger charge is 2.28. The van der Waals surface area contributed by atoms with Crippen molar-refractivity contribution in [2.45, 2.75) is 38.8 Å². The van der Waals surface area contributed by atoms with E-state index in [9.17, 15) is 0 Å². The maximum Gasteiger partial charge on any atom is 0.114 e. The largest absolute Gasteiger partial charge is 0.301 e. The van der Waals surface area contributed by atoms with Crippen LogP contribution in [0.15, 0.2) is 23.8 Å². The van der Waals surface area contributed by atoms with E-state index in [1.807, 2.05) is 19.3 Å². The minimum atomic E-state index is 0.199. The fourth-order valence-corrected chi connectivity index (χ4v) is 2.93. The standard InChI is InChI=1S/C14H17N3S/c1-9-5-6-15-7-12(9)13(17-11-3-4-11)14-16-10(2)8-18-14/h5-8,11,13,17H,3-4H2,1-2H3. The molecule has 0 spiro atoms. The Morgan fingerprint density at radius 2 is 2.22 bits per heavy atom. The Morgan fingerprint density at radius 3 is 2.83 bits per heavy atom. The van der Waals surface area contributed by atoms with Crippen LogP contribution in [0.5, 0.6) is 0 Å². The van der Waals surface area contributed by atoms with Gasteiger partial charge in [-0.05, 0) is 43.9 Å². The van der Waals surface area contributed by atoms with Gasteiger partial charge >= 0.3 is 0 Å². The SMILES string of the molecule is Cc1csc(C(NC2CC2)c2cnccc2C)n1. The highest BCUT2D eigenvalue weighted by molar-refractivity contribution is 7.09. The van der Waals surface area contributed by atoms with E-state index in [4.69, 9.17) is 0 Å². The average Bonchev–Trinajstić information content (AvgIpc) is 3.08. The third kappa shape index (κ3) is 2.44. The van der Waals surface area contributed by atoms with E-state index < -0.39 is 0 Å². The van der Waals surface area contributed by atoms with Crippen molar-refractivity contribution < 1.29 is 0 Å². The Kier molecular flexibility index (Phi) is 3.14. The summed E-state index contributed by atoms with van der Waals surface area (Å²) in [6.07, 6.45) is 6.37. The molecule has 18 heavy (non-hydrogen) atoms. The molecule has 1 fully saturated rings. The van der Waals surface area contributed by atoms with Crippen LogP contribution in [0.25, 0.3) is 0 Å². The fourth-order valence-electron chi connectivity index (χ4n) is 2.06. The van der Waals surface area contributed by atoms with Gasteiger partial charge in [-0.3, -0.25) is 4.98 Å². The van der Waals surface area contributed by atoms with Crippen LogP contribution in [0.2, 0.25) is 0 Å². The third-order valence-electron chi connectivity index (χ3n) is 3.25. The molecule has 1 saturated carbocycles. The predicted molar refractivity (Wildman–Crippen MR) is 73.8 cm³/mol. The van der Waals surface area contributed by atoms with Crippen molar-refractivity contribution in [3.8, 4) is 0 Å². The van der Waals surface area contributed by atoms with Gasteiger partial charge in [-0.25, -0.2) is 4.98 Å². The first-order valence-corrected chi connectivity index (χ1v) is 7.20. The van der Waals surface area contributed by atoms with Gasteiger partial charge in [0.15, 0.2) is 0 Å². The van der Waals surface area contributed by atoms with Crippen molar-refractivity contribution in [3.05, 3.63) is 45.7 Å². The Labute approximate surface area is 111 Å². The predicted octanol–water partition coefficient (Wildman–Crippen LogP) is 3.00. The van der Waals surface area contributed by atoms with Crippen LogP contribution in [0, 0.1) is 13.8 Å². The van der Waals surface area contributed by atoms with E-state index >= 15 is 0 Å². The van der Waals surface area contributed by atoms with Crippen molar-refractivity contribution in [2.75, 3.05) is 0 Å². The van der Waals surface area contributed by atoms with Gasteiger partial charge < -0.3 is 5.32 Å². The minimum absolute atomic E-state index is 0.199. The summed E-state index contributed by atoms with van der Waals surface area (Å²) in [5.41, 5.74) is 3.62. The summed E-state index contributed by atoms with van der Waals surface area (Å²) in [6.45, 7) is 4.18. The lowest BCUT2D eigenvalue weighted by atomic mass is 10.0. The lowest BCUT2D eigenvalue weighted by Gasteiger charge is -2.18. The minimum Gasteiger partial charge on any atom is -0.301 e. The zero-order valence-electron chi connectivity index (χ0n) is 10.7. The summed E-state index contributed by atoms with van der Waals surface area (Å²) in [4.78, 5) is 8.90. The summed E-state index contributed by atoms with van der Waals surface area (Å²) in [6, 6.07) is 2.92. The number of pyridine rings is 1. The molecule has 0 aromatic carbocycles. The summed E-state index contributed by atoms with van der Waals surface area (Å²) in [5, 5.41) is 6.95. The van der Waals surface area contributed by atoms with Gasteiger partial charge in [0.2, 0.25) is 0 Å². The molecule has 3 rings (SSSR count). The summed E-state index contributed by atoms with van der Waals surface area (Å²) < 4.78 is 0. The number of aryl methyl sites for hydroxylation is 2. The van der Waals surface area contributed by atoms with Crippen molar-refractivity contribution in [2.24, 2.45) is 0 Å². The van der Waals surface area contributed by atoms with E-state index in [-0.39, 0.29) is 6.04 Å². The van der Waals surface area contributed by atoms with E-state index in [0.29, 0.717) is 6.04 Å². The molecule has 1 aliphatic rings. The molecule has 2 aromatic rings. The van der Waals surface area contributed by atoms with E-state index in [0.717, 1.165) is 10.7 Å². The van der Waals surface area contributed by atoms with Crippen LogP contribution in [0.3, 0.4) is 0 Å². The number of hydrogen-bond acceptors (Lipinski definition) is 4. The van der Waals surface area contributed by atoms with Gasteiger partial charge in [0.05, 0.1) is 6.04 Å². The van der Waals surface area contributed by atoms with Crippen LogP contribution in [0.1, 0.15) is 40.7 Å². The zero-order valence-corrected chi connectivity index (χ0v) is 11.5. The second-order valence-corrected chi connectivity index (χ2v) is 5.82. The second-order valence-electron chi connectivity index (χ2n) is 4.93. The number of rotatable bonds is 4. The first-order chi connectivity index (χ1) is 8.74. The van der Waals surface area contributed by atoms with Gasteiger partial charge in [-0.15, -0.1) is 11.3 Å². The molecule has 2 aromatic heterocycles. The van der Waals surface area contributed by atoms with Crippen molar-refractivity contribution in [3.63, 3.8) is 0 Å². The molecule has 1 atom stereocenters. The van der Waals surface area contributed by atoms with Crippen LogP contribution >= 0.6 is 11.3 Å². The second kappa shape index (κ2) is 4.78. The van der Waals surface area contributed by atoms with E-state index in [1.54, 1.807) is 11.3 Å². The molecular weight excluding hydrogens is 242 g/mol. The van der Waals surface area contributed by atoms with Crippen molar-refractivity contribution in [1.82, 2.24) is 15.3 Å². The molecule has 94 valence electrons. The molecule has 0 radical (unpaired) electrons. The topological polar surface area (TPSA) is 37.8 Å². The van der Waals surface area contributed by atoms with Gasteiger partial charge in [0.25, 0.3) is 0 Å². The quantitative estimate of drug-likeness (QED) is 0.917. The highest BCUT2D eigenvalue weighted by atomic mass is 32.1. The number of hydrogen-bond donors (Lipinski definition) is 1. The summed E-state index contributed by atoms with van der Waals surface area (Å²) in [5.74, 6) is 0. The fraction of sp³-hybridized carbons (Fsp3) is 0.429. The monoisotopic (exact) mass is 259 g/mol. The molecule has 0 bridgehead atoms. The third-order valence-corrected chi connectivity index (χ3v) is 4.28. The van der Waals surface area contributed by atoms with Gasteiger partial charge in [0, 0.05) is 29.5 Å². The van der Waals surface area contributed by atoms with Gasteiger partial charge in [0.1, 0.15) is 5.01 Å². The van der Waals surface area contributed by atoms with Crippen LogP contribution in [0.4, 0.5) is 0 Å². The van der Waals surface area contributed by atoms with Crippen LogP contribution in [-0.2, 0) is 0 Å². The van der Waals surface area contributed by atoms with Crippen molar-refractivity contribution in [1.29, 1.82) is 0 Å². The molecule has 0 amide bonds. The number of thiazole rings is 1. The van der Waals surface area contributed by atoms with Crippen LogP contribution < -0.4 is 5.32 Å². The molecule has 1 unspecified atom stereocenters. The Bertz CT molecular complexity index is 545. The first kappa shape index (κ1) is 11.8. The molecular formula is C14H17N3S. The summed E-state index contributed by atoms with van der Waals surface area (Å²) >= 11 is 1.73. The zero-order chi connectivity index (χ0) is 12.5. The molecule has 3 nitrogen and oxygen atoms in total. The Hall–Kier alpha value is -1.26. The smallest absolute Gasteiger partial charge is 0.114 e. The summed E-state index contributed by atoms with van der Waals surface area (Å²) in [7, 11) is 0. The molecule has 4 heteroatoms. The van der Waals surface area contributed by atoms with Gasteiger partial charge in [-0.2, -0.15) is 0 Å². The molecule has 0 aliphatic heterocycles. The maximum absolute atomic E-state index is 4.64. The Morgan fingerprint density at radius 1 is 1.39 bits per heavy atom.